The number of hydrogen-bond acceptors (Lipinski definition) is 6. The number of aromatic nitrogens is 3. The average molecular weight is 442 g/mol. The lowest BCUT2D eigenvalue weighted by Gasteiger charge is -2.17. The molecule has 0 unspecified atom stereocenters. The molecule has 1 atom stereocenters. The highest BCUT2D eigenvalue weighted by molar-refractivity contribution is 8.00. The molecule has 3 amide bonds. The van der Waals surface area contributed by atoms with Crippen molar-refractivity contribution >= 4 is 35.0 Å². The fraction of sp³-hybridized carbons (Fsp3) is 0.333. The maximum Gasteiger partial charge on any atom is 0.324 e. The van der Waals surface area contributed by atoms with Gasteiger partial charge in [0.1, 0.15) is 5.82 Å². The number of nitrogens with one attached hydrogen (secondary N) is 1. The van der Waals surface area contributed by atoms with Gasteiger partial charge in [-0.25, -0.2) is 4.79 Å². The summed E-state index contributed by atoms with van der Waals surface area (Å²) in [4.78, 5) is 27.0. The molecule has 9 heteroatoms. The Bertz CT molecular complexity index is 1000. The van der Waals surface area contributed by atoms with E-state index in [0.717, 1.165) is 18.8 Å². The molecule has 3 aromatic rings. The molecule has 1 saturated heterocycles. The van der Waals surface area contributed by atoms with Gasteiger partial charge in [-0.15, -0.1) is 21.5 Å². The number of carbonyl (C=O) groups excluding carboxylic acids is 2. The molecule has 0 aliphatic carbocycles. The van der Waals surface area contributed by atoms with Crippen molar-refractivity contribution in [1.82, 2.24) is 25.0 Å². The minimum atomic E-state index is -0.428. The fourth-order valence-electron chi connectivity index (χ4n) is 3.33. The number of hydrogen-bond donors (Lipinski definition) is 1. The van der Waals surface area contributed by atoms with E-state index >= 15 is 0 Å². The van der Waals surface area contributed by atoms with Gasteiger partial charge in [0.2, 0.25) is 5.91 Å². The number of urea groups is 1. The van der Waals surface area contributed by atoms with Crippen LogP contribution in [-0.2, 0) is 24.2 Å². The number of thiophene rings is 1. The number of nitrogens with zero attached hydrogens (tertiary/aromatic N) is 4. The summed E-state index contributed by atoms with van der Waals surface area (Å²) in [6.07, 6.45) is 1.55. The van der Waals surface area contributed by atoms with Gasteiger partial charge in [-0.1, -0.05) is 48.2 Å². The lowest BCUT2D eigenvalue weighted by atomic mass is 10.1. The van der Waals surface area contributed by atoms with Gasteiger partial charge in [-0.2, -0.15) is 0 Å². The van der Waals surface area contributed by atoms with Crippen molar-refractivity contribution in [2.24, 2.45) is 0 Å². The smallest absolute Gasteiger partial charge is 0.324 e. The monoisotopic (exact) mass is 441 g/mol. The first-order chi connectivity index (χ1) is 14.6. The summed E-state index contributed by atoms with van der Waals surface area (Å²) in [5, 5.41) is 13.8. The number of amides is 3. The van der Waals surface area contributed by atoms with Gasteiger partial charge in [0.15, 0.2) is 5.16 Å². The number of benzene rings is 1. The zero-order valence-electron chi connectivity index (χ0n) is 16.7. The van der Waals surface area contributed by atoms with E-state index in [9.17, 15) is 9.59 Å². The van der Waals surface area contributed by atoms with Crippen LogP contribution in [0.3, 0.4) is 0 Å². The summed E-state index contributed by atoms with van der Waals surface area (Å²) in [5.74, 6) is 0.682. The number of rotatable bonds is 8. The zero-order valence-corrected chi connectivity index (χ0v) is 18.3. The van der Waals surface area contributed by atoms with Crippen LogP contribution in [0.4, 0.5) is 4.79 Å². The SMILES string of the molecule is C[C@H](Sc1nnc(Cc2cccs2)n1CCc1ccccc1)C(=O)N1CCNC1=O. The molecule has 1 aromatic carbocycles. The first kappa shape index (κ1) is 20.6. The number of aryl methyl sites for hydroxylation is 1. The van der Waals surface area contributed by atoms with Crippen LogP contribution >= 0.6 is 23.1 Å². The van der Waals surface area contributed by atoms with Crippen LogP contribution < -0.4 is 5.32 Å². The molecule has 1 N–H and O–H groups in total. The van der Waals surface area contributed by atoms with Crippen molar-refractivity contribution in [1.29, 1.82) is 0 Å². The predicted molar refractivity (Wildman–Crippen MR) is 118 cm³/mol. The molecule has 1 aliphatic rings. The number of thioether (sulfide) groups is 1. The molecule has 2 aromatic heterocycles. The fourth-order valence-corrected chi connectivity index (χ4v) is 4.98. The topological polar surface area (TPSA) is 80.1 Å². The quantitative estimate of drug-likeness (QED) is 0.543. The van der Waals surface area contributed by atoms with Crippen LogP contribution in [0.2, 0.25) is 0 Å². The summed E-state index contributed by atoms with van der Waals surface area (Å²) < 4.78 is 2.10. The summed E-state index contributed by atoms with van der Waals surface area (Å²) in [5.41, 5.74) is 1.24. The van der Waals surface area contributed by atoms with Crippen LogP contribution in [0.15, 0.2) is 53.0 Å². The van der Waals surface area contributed by atoms with Crippen molar-refractivity contribution in [2.75, 3.05) is 13.1 Å². The Hall–Kier alpha value is -2.65. The Kier molecular flexibility index (Phi) is 6.49. The normalized spacial score (nSPS) is 14.7. The first-order valence-electron chi connectivity index (χ1n) is 9.86. The molecule has 1 fully saturated rings. The van der Waals surface area contributed by atoms with Crippen LogP contribution in [-0.4, -0.2) is 49.9 Å². The van der Waals surface area contributed by atoms with Gasteiger partial charge in [0, 0.05) is 30.9 Å². The Morgan fingerprint density at radius 1 is 1.23 bits per heavy atom. The maximum absolute atomic E-state index is 12.7. The molecule has 156 valence electrons. The van der Waals surface area contributed by atoms with Crippen LogP contribution in [0.1, 0.15) is 23.2 Å². The molecule has 3 heterocycles. The molecule has 0 bridgehead atoms. The van der Waals surface area contributed by atoms with Crippen molar-refractivity contribution in [3.05, 3.63) is 64.1 Å². The second kappa shape index (κ2) is 9.44. The lowest BCUT2D eigenvalue weighted by molar-refractivity contribution is -0.126. The number of carbonyl (C=O) groups is 2. The molecule has 0 radical (unpaired) electrons. The third kappa shape index (κ3) is 4.73. The summed E-state index contributed by atoms with van der Waals surface area (Å²) >= 11 is 3.05. The highest BCUT2D eigenvalue weighted by atomic mass is 32.2. The molecule has 1 aliphatic heterocycles. The third-order valence-electron chi connectivity index (χ3n) is 4.93. The molecular formula is C21H23N5O2S2. The Morgan fingerprint density at radius 2 is 2.07 bits per heavy atom. The predicted octanol–water partition coefficient (Wildman–Crippen LogP) is 3.21. The molecule has 30 heavy (non-hydrogen) atoms. The van der Waals surface area contributed by atoms with E-state index in [1.165, 1.54) is 27.1 Å². The van der Waals surface area contributed by atoms with Gasteiger partial charge in [-0.05, 0) is 30.4 Å². The zero-order chi connectivity index (χ0) is 20.9. The van der Waals surface area contributed by atoms with Crippen molar-refractivity contribution < 1.29 is 9.59 Å². The Morgan fingerprint density at radius 3 is 2.77 bits per heavy atom. The maximum atomic E-state index is 12.7. The van der Waals surface area contributed by atoms with E-state index in [1.54, 1.807) is 11.3 Å². The minimum Gasteiger partial charge on any atom is -0.336 e. The Labute approximate surface area is 183 Å². The number of imide groups is 1. The van der Waals surface area contributed by atoms with E-state index in [4.69, 9.17) is 0 Å². The summed E-state index contributed by atoms with van der Waals surface area (Å²) in [7, 11) is 0. The molecule has 7 nitrogen and oxygen atoms in total. The second-order valence-electron chi connectivity index (χ2n) is 7.02. The van der Waals surface area contributed by atoms with E-state index in [-0.39, 0.29) is 11.9 Å². The van der Waals surface area contributed by atoms with E-state index < -0.39 is 5.25 Å². The van der Waals surface area contributed by atoms with Crippen LogP contribution in [0.25, 0.3) is 0 Å². The van der Waals surface area contributed by atoms with Gasteiger partial charge < -0.3 is 9.88 Å². The van der Waals surface area contributed by atoms with Crippen molar-refractivity contribution in [2.45, 2.75) is 36.7 Å². The minimum absolute atomic E-state index is 0.201. The first-order valence-corrected chi connectivity index (χ1v) is 11.6. The van der Waals surface area contributed by atoms with Crippen molar-refractivity contribution in [3.63, 3.8) is 0 Å². The average Bonchev–Trinajstić information content (AvgIpc) is 3.50. The molecular weight excluding hydrogens is 418 g/mol. The standard InChI is InChI=1S/C21H23N5O2S2/c1-15(19(27)26-12-10-22-20(26)28)30-21-24-23-18(14-17-8-5-13-29-17)25(21)11-9-16-6-3-2-4-7-16/h2-8,13,15H,9-12,14H2,1H3,(H,22,28)/t15-/m0/s1. The summed E-state index contributed by atoms with van der Waals surface area (Å²) in [6, 6.07) is 14.1. The molecule has 0 saturated carbocycles. The van der Waals surface area contributed by atoms with E-state index in [0.29, 0.717) is 24.7 Å². The lowest BCUT2D eigenvalue weighted by Crippen LogP contribution is -2.39. The van der Waals surface area contributed by atoms with Gasteiger partial charge in [0.25, 0.3) is 0 Å². The Balaban J connectivity index is 1.52. The highest BCUT2D eigenvalue weighted by Crippen LogP contribution is 2.26. The molecule has 4 rings (SSSR count). The van der Waals surface area contributed by atoms with Gasteiger partial charge in [0.05, 0.1) is 5.25 Å². The van der Waals surface area contributed by atoms with Gasteiger partial charge >= 0.3 is 6.03 Å². The largest absolute Gasteiger partial charge is 0.336 e. The van der Waals surface area contributed by atoms with E-state index in [1.807, 2.05) is 31.2 Å². The van der Waals surface area contributed by atoms with Crippen LogP contribution in [0.5, 0.6) is 0 Å². The van der Waals surface area contributed by atoms with Gasteiger partial charge in [-0.3, -0.25) is 9.69 Å². The third-order valence-corrected chi connectivity index (χ3v) is 6.87. The van der Waals surface area contributed by atoms with E-state index in [2.05, 4.69) is 43.7 Å². The highest BCUT2D eigenvalue weighted by Gasteiger charge is 2.31. The van der Waals surface area contributed by atoms with Crippen molar-refractivity contribution in [3.8, 4) is 0 Å². The van der Waals surface area contributed by atoms with Crippen LogP contribution in [0, 0.1) is 0 Å². The summed E-state index contributed by atoms with van der Waals surface area (Å²) in [6.45, 7) is 3.45. The molecule has 0 spiro atoms. The second-order valence-corrected chi connectivity index (χ2v) is 9.36.